The standard InChI is InChI=1S/C6H4F2INO/c7-5-3(2-11)4(9)1-10-6(5)8/h1,11H,2H2. The van der Waals surface area contributed by atoms with Gasteiger partial charge in [0.2, 0.25) is 5.95 Å². The number of hydrogen-bond donors (Lipinski definition) is 1. The van der Waals surface area contributed by atoms with Gasteiger partial charge in [-0.25, -0.2) is 9.37 Å². The molecule has 0 aliphatic heterocycles. The van der Waals surface area contributed by atoms with Gasteiger partial charge in [0.25, 0.3) is 0 Å². The first-order chi connectivity index (χ1) is 5.16. The molecule has 0 bridgehead atoms. The van der Waals surface area contributed by atoms with Crippen molar-refractivity contribution < 1.29 is 13.9 Å². The molecule has 0 spiro atoms. The third-order valence-electron chi connectivity index (χ3n) is 1.18. The highest BCUT2D eigenvalue weighted by Gasteiger charge is 2.11. The van der Waals surface area contributed by atoms with Crippen LogP contribution in [0.15, 0.2) is 6.20 Å². The van der Waals surface area contributed by atoms with Crippen molar-refractivity contribution in [2.24, 2.45) is 0 Å². The molecule has 1 heterocycles. The minimum Gasteiger partial charge on any atom is -0.392 e. The van der Waals surface area contributed by atoms with Gasteiger partial charge in [0.1, 0.15) is 0 Å². The van der Waals surface area contributed by atoms with Crippen LogP contribution in [0.2, 0.25) is 0 Å². The Labute approximate surface area is 75.4 Å². The Hall–Kier alpha value is -0.300. The van der Waals surface area contributed by atoms with E-state index in [0.29, 0.717) is 3.57 Å². The van der Waals surface area contributed by atoms with Crippen LogP contribution in [0, 0.1) is 15.3 Å². The number of aromatic nitrogens is 1. The molecule has 0 aliphatic rings. The normalized spacial score (nSPS) is 10.2. The summed E-state index contributed by atoms with van der Waals surface area (Å²) < 4.78 is 25.4. The first kappa shape index (κ1) is 8.79. The van der Waals surface area contributed by atoms with Gasteiger partial charge >= 0.3 is 0 Å². The number of hydrogen-bond acceptors (Lipinski definition) is 2. The summed E-state index contributed by atoms with van der Waals surface area (Å²) in [6.07, 6.45) is 1.17. The summed E-state index contributed by atoms with van der Waals surface area (Å²) in [5.41, 5.74) is -0.0434. The molecule has 0 radical (unpaired) electrons. The first-order valence-electron chi connectivity index (χ1n) is 2.76. The topological polar surface area (TPSA) is 33.1 Å². The lowest BCUT2D eigenvalue weighted by Gasteiger charge is -2.00. The van der Waals surface area contributed by atoms with Crippen molar-refractivity contribution in [1.82, 2.24) is 4.98 Å². The molecule has 11 heavy (non-hydrogen) atoms. The average molecular weight is 271 g/mol. The Kier molecular flexibility index (Phi) is 2.72. The molecule has 2 nitrogen and oxygen atoms in total. The van der Waals surface area contributed by atoms with Gasteiger partial charge in [-0.3, -0.25) is 0 Å². The van der Waals surface area contributed by atoms with Crippen molar-refractivity contribution in [3.63, 3.8) is 0 Å². The summed E-state index contributed by atoms with van der Waals surface area (Å²) in [4.78, 5) is 3.13. The van der Waals surface area contributed by atoms with Crippen LogP contribution in [0.4, 0.5) is 8.78 Å². The van der Waals surface area contributed by atoms with Gasteiger partial charge in [0.05, 0.1) is 6.61 Å². The molecule has 1 N–H and O–H groups in total. The molecular weight excluding hydrogens is 267 g/mol. The highest BCUT2D eigenvalue weighted by atomic mass is 127. The molecule has 60 valence electrons. The third kappa shape index (κ3) is 1.64. The Morgan fingerprint density at radius 1 is 1.55 bits per heavy atom. The van der Waals surface area contributed by atoms with E-state index in [1.165, 1.54) is 6.20 Å². The highest BCUT2D eigenvalue weighted by Crippen LogP contribution is 2.16. The van der Waals surface area contributed by atoms with Crippen molar-refractivity contribution in [1.29, 1.82) is 0 Å². The van der Waals surface area contributed by atoms with E-state index in [4.69, 9.17) is 5.11 Å². The summed E-state index contributed by atoms with van der Waals surface area (Å²) in [6.45, 7) is -0.510. The van der Waals surface area contributed by atoms with Crippen molar-refractivity contribution in [2.75, 3.05) is 0 Å². The van der Waals surface area contributed by atoms with Crippen LogP contribution in [-0.2, 0) is 6.61 Å². The maximum atomic E-state index is 12.7. The van der Waals surface area contributed by atoms with Crippen LogP contribution >= 0.6 is 22.6 Å². The molecule has 1 rings (SSSR count). The van der Waals surface area contributed by atoms with Crippen molar-refractivity contribution in [3.05, 3.63) is 27.1 Å². The molecule has 5 heteroatoms. The second kappa shape index (κ2) is 3.40. The lowest BCUT2D eigenvalue weighted by Crippen LogP contribution is -2.00. The molecule has 0 aliphatic carbocycles. The molecule has 0 aromatic carbocycles. The van der Waals surface area contributed by atoms with E-state index >= 15 is 0 Å². The van der Waals surface area contributed by atoms with Crippen molar-refractivity contribution >= 4 is 22.6 Å². The predicted octanol–water partition coefficient (Wildman–Crippen LogP) is 1.46. The minimum atomic E-state index is -1.17. The second-order valence-corrected chi connectivity index (χ2v) is 3.01. The van der Waals surface area contributed by atoms with Crippen LogP contribution in [0.5, 0.6) is 0 Å². The number of aliphatic hydroxyl groups excluding tert-OH is 1. The molecule has 1 aromatic heterocycles. The fourth-order valence-electron chi connectivity index (χ4n) is 0.622. The number of rotatable bonds is 1. The number of pyridine rings is 1. The molecule has 0 saturated carbocycles. The fraction of sp³-hybridized carbons (Fsp3) is 0.167. The van der Waals surface area contributed by atoms with E-state index in [1.54, 1.807) is 22.6 Å². The first-order valence-corrected chi connectivity index (χ1v) is 3.84. The molecule has 0 saturated heterocycles. The Morgan fingerprint density at radius 2 is 2.18 bits per heavy atom. The minimum absolute atomic E-state index is 0.0434. The summed E-state index contributed by atoms with van der Waals surface area (Å²) in [7, 11) is 0. The van der Waals surface area contributed by atoms with Crippen LogP contribution in [0.1, 0.15) is 5.56 Å². The van der Waals surface area contributed by atoms with Gasteiger partial charge in [-0.1, -0.05) is 0 Å². The van der Waals surface area contributed by atoms with Crippen molar-refractivity contribution in [3.8, 4) is 0 Å². The summed E-state index contributed by atoms with van der Waals surface area (Å²) >= 11 is 1.77. The Morgan fingerprint density at radius 3 is 2.64 bits per heavy atom. The summed E-state index contributed by atoms with van der Waals surface area (Å²) in [5, 5.41) is 8.58. The van der Waals surface area contributed by atoms with Gasteiger partial charge in [-0.15, -0.1) is 0 Å². The summed E-state index contributed by atoms with van der Waals surface area (Å²) in [5.74, 6) is -2.24. The van der Waals surface area contributed by atoms with E-state index in [1.807, 2.05) is 0 Å². The van der Waals surface area contributed by atoms with E-state index < -0.39 is 18.4 Å². The highest BCUT2D eigenvalue weighted by molar-refractivity contribution is 14.1. The van der Waals surface area contributed by atoms with Gasteiger partial charge in [-0.05, 0) is 22.6 Å². The average Bonchev–Trinajstić information content (AvgIpc) is 1.99. The molecule has 0 fully saturated rings. The Balaban J connectivity index is 3.29. The van der Waals surface area contributed by atoms with Crippen LogP contribution in [0.25, 0.3) is 0 Å². The van der Waals surface area contributed by atoms with E-state index in [2.05, 4.69) is 4.98 Å². The van der Waals surface area contributed by atoms with Gasteiger partial charge < -0.3 is 5.11 Å². The Bertz CT molecular complexity index is 280. The molecule has 0 unspecified atom stereocenters. The molecular formula is C6H4F2INO. The smallest absolute Gasteiger partial charge is 0.249 e. The maximum Gasteiger partial charge on any atom is 0.249 e. The zero-order chi connectivity index (χ0) is 8.43. The quantitative estimate of drug-likeness (QED) is 0.619. The van der Waals surface area contributed by atoms with E-state index in [9.17, 15) is 8.78 Å². The van der Waals surface area contributed by atoms with Crippen molar-refractivity contribution in [2.45, 2.75) is 6.61 Å². The monoisotopic (exact) mass is 271 g/mol. The lowest BCUT2D eigenvalue weighted by atomic mass is 10.3. The SMILES string of the molecule is OCc1c(I)cnc(F)c1F. The lowest BCUT2D eigenvalue weighted by molar-refractivity contribution is 0.271. The van der Waals surface area contributed by atoms with Gasteiger partial charge in [-0.2, -0.15) is 4.39 Å². The van der Waals surface area contributed by atoms with E-state index in [-0.39, 0.29) is 5.56 Å². The maximum absolute atomic E-state index is 12.7. The van der Waals surface area contributed by atoms with Crippen LogP contribution < -0.4 is 0 Å². The molecule has 0 atom stereocenters. The molecule has 1 aromatic rings. The van der Waals surface area contributed by atoms with Gasteiger partial charge in [0.15, 0.2) is 5.82 Å². The second-order valence-electron chi connectivity index (χ2n) is 1.85. The number of nitrogens with zero attached hydrogens (tertiary/aromatic N) is 1. The van der Waals surface area contributed by atoms with Crippen LogP contribution in [0.3, 0.4) is 0 Å². The zero-order valence-electron chi connectivity index (χ0n) is 5.31. The van der Waals surface area contributed by atoms with Crippen LogP contribution in [-0.4, -0.2) is 10.1 Å². The van der Waals surface area contributed by atoms with E-state index in [0.717, 1.165) is 0 Å². The number of halogens is 3. The summed E-state index contributed by atoms with van der Waals surface area (Å²) in [6, 6.07) is 0. The van der Waals surface area contributed by atoms with Gasteiger partial charge in [0, 0.05) is 15.3 Å². The fourth-order valence-corrected chi connectivity index (χ4v) is 1.17. The zero-order valence-corrected chi connectivity index (χ0v) is 7.47. The molecule has 0 amide bonds. The predicted molar refractivity (Wildman–Crippen MR) is 42.8 cm³/mol. The third-order valence-corrected chi connectivity index (χ3v) is 2.11. The number of aliphatic hydroxyl groups is 1. The largest absolute Gasteiger partial charge is 0.392 e.